The topological polar surface area (TPSA) is 98.1 Å². The van der Waals surface area contributed by atoms with Crippen molar-refractivity contribution in [1.82, 2.24) is 4.90 Å². The SMILES string of the molecule is CC(C=O)N(C)C(=O)C(O)Cc1ccc(O)c(O)c1. The van der Waals surface area contributed by atoms with Crippen molar-refractivity contribution < 1.29 is 24.9 Å². The van der Waals surface area contributed by atoms with Crippen LogP contribution in [-0.2, 0) is 16.0 Å². The molecule has 0 aliphatic carbocycles. The molecule has 0 aromatic heterocycles. The lowest BCUT2D eigenvalue weighted by Gasteiger charge is -2.23. The number of phenols is 2. The molecule has 0 fully saturated rings. The van der Waals surface area contributed by atoms with E-state index in [9.17, 15) is 19.8 Å². The number of hydrogen-bond acceptors (Lipinski definition) is 5. The van der Waals surface area contributed by atoms with E-state index in [1.165, 1.54) is 25.2 Å². The lowest BCUT2D eigenvalue weighted by Crippen LogP contribution is -2.43. The Morgan fingerprint density at radius 1 is 1.37 bits per heavy atom. The molecule has 0 radical (unpaired) electrons. The number of hydrogen-bond donors (Lipinski definition) is 3. The lowest BCUT2D eigenvalue weighted by molar-refractivity contribution is -0.142. The Labute approximate surface area is 110 Å². The summed E-state index contributed by atoms with van der Waals surface area (Å²) < 4.78 is 0. The molecule has 104 valence electrons. The van der Waals surface area contributed by atoms with Crippen molar-refractivity contribution in [3.63, 3.8) is 0 Å². The number of amides is 1. The predicted molar refractivity (Wildman–Crippen MR) is 67.8 cm³/mol. The number of aliphatic hydroxyl groups is 1. The van der Waals surface area contributed by atoms with Crippen molar-refractivity contribution in [1.29, 1.82) is 0 Å². The van der Waals surface area contributed by atoms with Gasteiger partial charge < -0.3 is 25.0 Å². The Morgan fingerprint density at radius 2 is 2.00 bits per heavy atom. The first-order valence-corrected chi connectivity index (χ1v) is 5.77. The van der Waals surface area contributed by atoms with Crippen molar-refractivity contribution in [2.24, 2.45) is 0 Å². The summed E-state index contributed by atoms with van der Waals surface area (Å²) in [6.45, 7) is 1.55. The van der Waals surface area contributed by atoms with Crippen LogP contribution in [-0.4, -0.2) is 51.6 Å². The van der Waals surface area contributed by atoms with Crippen molar-refractivity contribution in [3.8, 4) is 11.5 Å². The second-order valence-electron chi connectivity index (χ2n) is 4.37. The minimum atomic E-state index is -1.31. The van der Waals surface area contributed by atoms with Gasteiger partial charge in [-0.25, -0.2) is 0 Å². The first-order valence-electron chi connectivity index (χ1n) is 5.77. The molecular weight excluding hydrogens is 250 g/mol. The highest BCUT2D eigenvalue weighted by molar-refractivity contribution is 5.83. The Hall–Kier alpha value is -2.08. The number of carbonyl (C=O) groups is 2. The Bertz CT molecular complexity index is 474. The molecule has 0 heterocycles. The van der Waals surface area contributed by atoms with Crippen LogP contribution in [0.2, 0.25) is 0 Å². The molecule has 1 amide bonds. The Kier molecular flexibility index (Phi) is 4.88. The summed E-state index contributed by atoms with van der Waals surface area (Å²) >= 11 is 0. The van der Waals surface area contributed by atoms with Gasteiger partial charge in [-0.15, -0.1) is 0 Å². The van der Waals surface area contributed by atoms with Crippen LogP contribution in [0.1, 0.15) is 12.5 Å². The van der Waals surface area contributed by atoms with E-state index >= 15 is 0 Å². The van der Waals surface area contributed by atoms with E-state index in [0.29, 0.717) is 11.8 Å². The summed E-state index contributed by atoms with van der Waals surface area (Å²) in [5, 5.41) is 28.3. The van der Waals surface area contributed by atoms with Crippen LogP contribution in [0.4, 0.5) is 0 Å². The van der Waals surface area contributed by atoms with Crippen LogP contribution in [0.15, 0.2) is 18.2 Å². The highest BCUT2D eigenvalue weighted by Gasteiger charge is 2.23. The zero-order valence-corrected chi connectivity index (χ0v) is 10.8. The third-order valence-electron chi connectivity index (χ3n) is 2.91. The number of aldehydes is 1. The van der Waals surface area contributed by atoms with Crippen LogP contribution < -0.4 is 0 Å². The van der Waals surface area contributed by atoms with Gasteiger partial charge in [0, 0.05) is 13.5 Å². The van der Waals surface area contributed by atoms with E-state index in [0.717, 1.165) is 4.90 Å². The number of aromatic hydroxyl groups is 2. The van der Waals surface area contributed by atoms with Crippen molar-refractivity contribution in [3.05, 3.63) is 23.8 Å². The molecule has 1 rings (SSSR count). The molecule has 2 atom stereocenters. The molecule has 2 unspecified atom stereocenters. The fourth-order valence-corrected chi connectivity index (χ4v) is 1.53. The number of rotatable bonds is 5. The zero-order chi connectivity index (χ0) is 14.6. The Morgan fingerprint density at radius 3 is 2.53 bits per heavy atom. The first-order chi connectivity index (χ1) is 8.86. The molecule has 0 aliphatic heterocycles. The summed E-state index contributed by atoms with van der Waals surface area (Å²) in [5.41, 5.74) is 0.503. The minimum absolute atomic E-state index is 0.0113. The van der Waals surface area contributed by atoms with Gasteiger partial charge in [0.2, 0.25) is 0 Å². The molecule has 19 heavy (non-hydrogen) atoms. The molecular formula is C13H17NO5. The smallest absolute Gasteiger partial charge is 0.252 e. The average Bonchev–Trinajstić information content (AvgIpc) is 2.40. The van der Waals surface area contributed by atoms with Crippen LogP contribution in [0.3, 0.4) is 0 Å². The van der Waals surface area contributed by atoms with Gasteiger partial charge in [0.15, 0.2) is 11.5 Å². The van der Waals surface area contributed by atoms with E-state index in [2.05, 4.69) is 0 Å². The van der Waals surface area contributed by atoms with Gasteiger partial charge in [0.1, 0.15) is 12.4 Å². The summed E-state index contributed by atoms with van der Waals surface area (Å²) in [6.07, 6.45) is -0.712. The van der Waals surface area contributed by atoms with E-state index in [1.54, 1.807) is 6.92 Å². The quantitative estimate of drug-likeness (QED) is 0.517. The fraction of sp³-hybridized carbons (Fsp3) is 0.385. The molecule has 0 saturated carbocycles. The summed E-state index contributed by atoms with van der Waals surface area (Å²) in [6, 6.07) is 3.43. The van der Waals surface area contributed by atoms with Crippen molar-refractivity contribution >= 4 is 12.2 Å². The van der Waals surface area contributed by atoms with E-state index in [-0.39, 0.29) is 17.9 Å². The molecule has 1 aromatic rings. The molecule has 0 spiro atoms. The largest absolute Gasteiger partial charge is 0.504 e. The Balaban J connectivity index is 2.73. The van der Waals surface area contributed by atoms with E-state index in [1.807, 2.05) is 0 Å². The normalized spacial score (nSPS) is 13.6. The van der Waals surface area contributed by atoms with E-state index in [4.69, 9.17) is 5.11 Å². The highest BCUT2D eigenvalue weighted by Crippen LogP contribution is 2.25. The number of nitrogens with zero attached hydrogens (tertiary/aromatic N) is 1. The summed E-state index contributed by atoms with van der Waals surface area (Å²) in [4.78, 5) is 23.5. The number of likely N-dealkylation sites (N-methyl/N-ethyl adjacent to an activating group) is 1. The lowest BCUT2D eigenvalue weighted by atomic mass is 10.1. The molecule has 6 heteroatoms. The zero-order valence-electron chi connectivity index (χ0n) is 10.8. The van der Waals surface area contributed by atoms with Gasteiger partial charge in [-0.05, 0) is 24.6 Å². The monoisotopic (exact) mass is 267 g/mol. The van der Waals surface area contributed by atoms with Crippen LogP contribution >= 0.6 is 0 Å². The molecule has 0 saturated heterocycles. The maximum atomic E-state index is 11.8. The maximum Gasteiger partial charge on any atom is 0.252 e. The van der Waals surface area contributed by atoms with Crippen molar-refractivity contribution in [2.75, 3.05) is 7.05 Å². The maximum absolute atomic E-state index is 11.8. The summed E-state index contributed by atoms with van der Waals surface area (Å²) in [7, 11) is 1.43. The second-order valence-corrected chi connectivity index (χ2v) is 4.37. The third-order valence-corrected chi connectivity index (χ3v) is 2.91. The van der Waals surface area contributed by atoms with Gasteiger partial charge in [0.25, 0.3) is 5.91 Å². The molecule has 0 aliphatic rings. The first kappa shape index (κ1) is 15.0. The van der Waals surface area contributed by atoms with Crippen LogP contribution in [0.5, 0.6) is 11.5 Å². The van der Waals surface area contributed by atoms with Gasteiger partial charge in [0.05, 0.1) is 6.04 Å². The third kappa shape index (κ3) is 3.69. The average molecular weight is 267 g/mol. The standard InChI is InChI=1S/C13H17NO5/c1-8(7-15)14(2)13(19)12(18)6-9-3-4-10(16)11(17)5-9/h3-5,7-8,12,16-18H,6H2,1-2H3. The fourth-order valence-electron chi connectivity index (χ4n) is 1.53. The predicted octanol–water partition coefficient (Wildman–Crippen LogP) is 0.0470. The van der Waals surface area contributed by atoms with E-state index < -0.39 is 18.1 Å². The number of aliphatic hydroxyl groups excluding tert-OH is 1. The van der Waals surface area contributed by atoms with Gasteiger partial charge in [-0.1, -0.05) is 6.07 Å². The number of phenolic OH excluding ortho intramolecular Hbond substituents is 2. The molecule has 0 bridgehead atoms. The minimum Gasteiger partial charge on any atom is -0.504 e. The highest BCUT2D eigenvalue weighted by atomic mass is 16.3. The summed E-state index contributed by atoms with van der Waals surface area (Å²) in [5.74, 6) is -1.16. The van der Waals surface area contributed by atoms with Gasteiger partial charge >= 0.3 is 0 Å². The van der Waals surface area contributed by atoms with Gasteiger partial charge in [-0.2, -0.15) is 0 Å². The number of benzene rings is 1. The molecule has 6 nitrogen and oxygen atoms in total. The van der Waals surface area contributed by atoms with Crippen LogP contribution in [0.25, 0.3) is 0 Å². The molecule has 3 N–H and O–H groups in total. The second kappa shape index (κ2) is 6.19. The number of carbonyl (C=O) groups excluding carboxylic acids is 2. The van der Waals surface area contributed by atoms with Crippen LogP contribution in [0, 0.1) is 0 Å². The van der Waals surface area contributed by atoms with Crippen molar-refractivity contribution in [2.45, 2.75) is 25.5 Å². The van der Waals surface area contributed by atoms with Gasteiger partial charge in [-0.3, -0.25) is 4.79 Å². The molecule has 1 aromatic carbocycles.